The fourth-order valence-electron chi connectivity index (χ4n) is 2.03. The Morgan fingerprint density at radius 1 is 1.25 bits per heavy atom. The Hall–Kier alpha value is -1.31. The maximum Gasteiger partial charge on any atom is 0.235 e. The lowest BCUT2D eigenvalue weighted by Gasteiger charge is -2.22. The molecule has 1 heterocycles. The molecule has 112 valence electrons. The van der Waals surface area contributed by atoms with Crippen LogP contribution in [0.5, 0.6) is 5.75 Å². The van der Waals surface area contributed by atoms with Crippen molar-refractivity contribution in [1.82, 2.24) is 0 Å². The van der Waals surface area contributed by atoms with Crippen molar-refractivity contribution in [3.8, 4) is 5.75 Å². The summed E-state index contributed by atoms with van der Waals surface area (Å²) in [5, 5.41) is -0.385. The monoisotopic (exact) mass is 300 g/mol. The molecule has 1 aromatic carbocycles. The Labute approximate surface area is 119 Å². The predicted molar refractivity (Wildman–Crippen MR) is 77.4 cm³/mol. The molecule has 1 aromatic rings. The molecule has 1 aliphatic rings. The van der Waals surface area contributed by atoms with E-state index in [9.17, 15) is 8.42 Å². The highest BCUT2D eigenvalue weighted by Crippen LogP contribution is 2.21. The summed E-state index contributed by atoms with van der Waals surface area (Å²) in [6, 6.07) is 6.81. The van der Waals surface area contributed by atoms with E-state index in [4.69, 9.17) is 15.2 Å². The summed E-state index contributed by atoms with van der Waals surface area (Å²) in [7, 11) is -3.36. The lowest BCUT2D eigenvalue weighted by molar-refractivity contribution is 0.0984. The number of sulfonamides is 1. The molecule has 0 saturated carbocycles. The molecule has 0 amide bonds. The van der Waals surface area contributed by atoms with E-state index in [1.165, 1.54) is 0 Å². The first-order valence-electron chi connectivity index (χ1n) is 6.64. The number of hydrogen-bond donors (Lipinski definition) is 2. The van der Waals surface area contributed by atoms with E-state index < -0.39 is 10.0 Å². The van der Waals surface area contributed by atoms with Crippen LogP contribution in [0.3, 0.4) is 0 Å². The Morgan fingerprint density at radius 3 is 2.50 bits per heavy atom. The summed E-state index contributed by atoms with van der Waals surface area (Å²) < 4.78 is 37.5. The number of nitrogens with two attached hydrogens (primary N) is 1. The highest BCUT2D eigenvalue weighted by atomic mass is 32.2. The molecule has 1 fully saturated rings. The van der Waals surface area contributed by atoms with Gasteiger partial charge < -0.3 is 15.2 Å². The van der Waals surface area contributed by atoms with Crippen molar-refractivity contribution in [2.24, 2.45) is 5.73 Å². The first-order chi connectivity index (χ1) is 9.62. The van der Waals surface area contributed by atoms with Gasteiger partial charge in [-0.15, -0.1) is 0 Å². The van der Waals surface area contributed by atoms with Gasteiger partial charge in [0.05, 0.1) is 5.25 Å². The Balaban J connectivity index is 1.98. The molecule has 1 saturated heterocycles. The van der Waals surface area contributed by atoms with Gasteiger partial charge in [-0.3, -0.25) is 4.72 Å². The van der Waals surface area contributed by atoms with Crippen LogP contribution in [0.25, 0.3) is 0 Å². The van der Waals surface area contributed by atoms with Crippen LogP contribution < -0.4 is 15.2 Å². The molecule has 0 aliphatic carbocycles. The zero-order valence-corrected chi connectivity index (χ0v) is 12.1. The summed E-state index contributed by atoms with van der Waals surface area (Å²) >= 11 is 0. The number of benzene rings is 1. The lowest BCUT2D eigenvalue weighted by atomic mass is 10.2. The third kappa shape index (κ3) is 4.09. The van der Waals surface area contributed by atoms with Gasteiger partial charge in [0.15, 0.2) is 0 Å². The fourth-order valence-corrected chi connectivity index (χ4v) is 3.47. The lowest BCUT2D eigenvalue weighted by Crippen LogP contribution is -2.33. The summed E-state index contributed by atoms with van der Waals surface area (Å²) in [6.07, 6.45) is 1.07. The van der Waals surface area contributed by atoms with Crippen LogP contribution in [0.4, 0.5) is 5.69 Å². The third-order valence-corrected chi connectivity index (χ3v) is 4.98. The van der Waals surface area contributed by atoms with Crippen LogP contribution in [0, 0.1) is 0 Å². The first kappa shape index (κ1) is 15.1. The van der Waals surface area contributed by atoms with Gasteiger partial charge in [-0.05, 0) is 37.1 Å². The van der Waals surface area contributed by atoms with Crippen LogP contribution in [0.1, 0.15) is 12.8 Å². The van der Waals surface area contributed by atoms with Gasteiger partial charge in [0.2, 0.25) is 10.0 Å². The SMILES string of the molecule is NCCOc1ccc(NS(=O)(=O)C2CCOCC2)cc1. The highest BCUT2D eigenvalue weighted by Gasteiger charge is 2.27. The minimum Gasteiger partial charge on any atom is -0.492 e. The van der Waals surface area contributed by atoms with E-state index in [1.807, 2.05) is 0 Å². The maximum atomic E-state index is 12.2. The third-order valence-electron chi connectivity index (χ3n) is 3.11. The average molecular weight is 300 g/mol. The molecular weight excluding hydrogens is 280 g/mol. The van der Waals surface area contributed by atoms with Gasteiger partial charge in [-0.2, -0.15) is 0 Å². The molecule has 6 nitrogen and oxygen atoms in total. The number of ether oxygens (including phenoxy) is 2. The largest absolute Gasteiger partial charge is 0.492 e. The number of anilines is 1. The molecule has 0 bridgehead atoms. The Morgan fingerprint density at radius 2 is 1.90 bits per heavy atom. The van der Waals surface area contributed by atoms with Crippen molar-refractivity contribution in [2.75, 3.05) is 31.1 Å². The van der Waals surface area contributed by atoms with E-state index in [-0.39, 0.29) is 5.25 Å². The van der Waals surface area contributed by atoms with E-state index >= 15 is 0 Å². The second-order valence-electron chi connectivity index (χ2n) is 4.62. The minimum absolute atomic E-state index is 0.385. The van der Waals surface area contributed by atoms with Crippen molar-refractivity contribution in [1.29, 1.82) is 0 Å². The molecular formula is C13H20N2O4S. The van der Waals surface area contributed by atoms with Crippen LogP contribution >= 0.6 is 0 Å². The minimum atomic E-state index is -3.36. The fraction of sp³-hybridized carbons (Fsp3) is 0.538. The van der Waals surface area contributed by atoms with Gasteiger partial charge >= 0.3 is 0 Å². The molecule has 0 unspecified atom stereocenters. The molecule has 7 heteroatoms. The predicted octanol–water partition coefficient (Wildman–Crippen LogP) is 0.945. The molecule has 0 atom stereocenters. The van der Waals surface area contributed by atoms with Crippen LogP contribution in [-0.4, -0.2) is 40.0 Å². The summed E-state index contributed by atoms with van der Waals surface area (Å²) in [6.45, 7) is 1.88. The maximum absolute atomic E-state index is 12.2. The average Bonchev–Trinajstić information content (AvgIpc) is 2.47. The van der Waals surface area contributed by atoms with Crippen LogP contribution in [-0.2, 0) is 14.8 Å². The van der Waals surface area contributed by atoms with Crippen molar-refractivity contribution >= 4 is 15.7 Å². The van der Waals surface area contributed by atoms with Crippen LogP contribution in [0.15, 0.2) is 24.3 Å². The van der Waals surface area contributed by atoms with Gasteiger partial charge in [0.1, 0.15) is 12.4 Å². The smallest absolute Gasteiger partial charge is 0.235 e. The second kappa shape index (κ2) is 6.92. The quantitative estimate of drug-likeness (QED) is 0.816. The second-order valence-corrected chi connectivity index (χ2v) is 6.58. The van der Waals surface area contributed by atoms with Gasteiger partial charge in [-0.1, -0.05) is 0 Å². The molecule has 1 aliphatic heterocycles. The summed E-state index contributed by atoms with van der Waals surface area (Å²) in [4.78, 5) is 0. The number of rotatable bonds is 6. The van der Waals surface area contributed by atoms with Crippen LogP contribution in [0.2, 0.25) is 0 Å². The molecule has 20 heavy (non-hydrogen) atoms. The Kier molecular flexibility index (Phi) is 5.22. The standard InChI is InChI=1S/C13H20N2O4S/c14-7-10-19-12-3-1-11(2-4-12)15-20(16,17)13-5-8-18-9-6-13/h1-4,13,15H,5-10,14H2. The topological polar surface area (TPSA) is 90.6 Å². The van der Waals surface area contributed by atoms with Crippen molar-refractivity contribution in [3.05, 3.63) is 24.3 Å². The zero-order chi connectivity index (χ0) is 14.4. The molecule has 0 radical (unpaired) electrons. The Bertz CT molecular complexity index is 510. The van der Waals surface area contributed by atoms with E-state index in [0.29, 0.717) is 50.6 Å². The van der Waals surface area contributed by atoms with Crippen molar-refractivity contribution in [3.63, 3.8) is 0 Å². The number of nitrogens with one attached hydrogen (secondary N) is 1. The molecule has 2 rings (SSSR count). The van der Waals surface area contributed by atoms with E-state index in [1.54, 1.807) is 24.3 Å². The first-order valence-corrected chi connectivity index (χ1v) is 8.19. The zero-order valence-electron chi connectivity index (χ0n) is 11.2. The molecule has 0 spiro atoms. The number of hydrogen-bond acceptors (Lipinski definition) is 5. The molecule has 0 aromatic heterocycles. The van der Waals surface area contributed by atoms with Crippen molar-refractivity contribution < 1.29 is 17.9 Å². The molecule has 3 N–H and O–H groups in total. The highest BCUT2D eigenvalue weighted by molar-refractivity contribution is 7.93. The van der Waals surface area contributed by atoms with E-state index in [0.717, 1.165) is 0 Å². The summed E-state index contributed by atoms with van der Waals surface area (Å²) in [5.41, 5.74) is 5.88. The van der Waals surface area contributed by atoms with Gasteiger partial charge in [-0.25, -0.2) is 8.42 Å². The normalized spacial score (nSPS) is 16.9. The van der Waals surface area contributed by atoms with E-state index in [2.05, 4.69) is 4.72 Å². The van der Waals surface area contributed by atoms with Gasteiger partial charge in [0.25, 0.3) is 0 Å². The summed E-state index contributed by atoms with van der Waals surface area (Å²) in [5.74, 6) is 0.671. The van der Waals surface area contributed by atoms with Gasteiger partial charge in [0, 0.05) is 25.4 Å². The van der Waals surface area contributed by atoms with Crippen molar-refractivity contribution in [2.45, 2.75) is 18.1 Å².